The second-order valence-electron chi connectivity index (χ2n) is 5.58. The fourth-order valence-electron chi connectivity index (χ4n) is 2.32. The van der Waals surface area contributed by atoms with Crippen LogP contribution in [0.25, 0.3) is 16.9 Å². The molecular formula is C17H19N3. The van der Waals surface area contributed by atoms with Crippen molar-refractivity contribution in [2.75, 3.05) is 5.73 Å². The van der Waals surface area contributed by atoms with Gasteiger partial charge >= 0.3 is 0 Å². The van der Waals surface area contributed by atoms with Gasteiger partial charge in [-0.05, 0) is 30.0 Å². The molecule has 3 rings (SSSR count). The molecule has 3 aromatic rings. The van der Waals surface area contributed by atoms with Crippen molar-refractivity contribution in [2.45, 2.75) is 26.7 Å². The van der Waals surface area contributed by atoms with E-state index >= 15 is 0 Å². The van der Waals surface area contributed by atoms with Gasteiger partial charge in [-0.2, -0.15) is 0 Å². The summed E-state index contributed by atoms with van der Waals surface area (Å²) in [7, 11) is 0. The van der Waals surface area contributed by atoms with E-state index in [1.54, 1.807) is 0 Å². The quantitative estimate of drug-likeness (QED) is 0.760. The second kappa shape index (κ2) is 4.67. The summed E-state index contributed by atoms with van der Waals surface area (Å²) in [6.07, 6.45) is 3.94. The van der Waals surface area contributed by atoms with E-state index in [9.17, 15) is 0 Å². The average molecular weight is 265 g/mol. The van der Waals surface area contributed by atoms with Crippen LogP contribution >= 0.6 is 0 Å². The molecule has 1 aromatic carbocycles. The lowest BCUT2D eigenvalue weighted by atomic mass is 10.0. The van der Waals surface area contributed by atoms with Gasteiger partial charge in [0.15, 0.2) is 0 Å². The summed E-state index contributed by atoms with van der Waals surface area (Å²) in [6, 6.07) is 10.6. The molecule has 0 unspecified atom stereocenters. The molecule has 0 aliphatic carbocycles. The number of imidazole rings is 1. The molecule has 0 saturated heterocycles. The second-order valence-corrected chi connectivity index (χ2v) is 5.58. The molecular weight excluding hydrogens is 246 g/mol. The van der Waals surface area contributed by atoms with Crippen molar-refractivity contribution < 1.29 is 0 Å². The maximum Gasteiger partial charge on any atom is 0.137 e. The smallest absolute Gasteiger partial charge is 0.137 e. The van der Waals surface area contributed by atoms with Crippen molar-refractivity contribution in [1.82, 2.24) is 9.38 Å². The molecule has 0 bridgehead atoms. The van der Waals surface area contributed by atoms with Crippen molar-refractivity contribution in [3.8, 4) is 11.3 Å². The molecule has 0 amide bonds. The fraction of sp³-hybridized carbons (Fsp3) is 0.235. The monoisotopic (exact) mass is 265 g/mol. The van der Waals surface area contributed by atoms with Crippen LogP contribution in [0.2, 0.25) is 0 Å². The van der Waals surface area contributed by atoms with Crippen LogP contribution in [0, 0.1) is 6.92 Å². The number of fused-ring (bicyclic) bond motifs is 1. The zero-order chi connectivity index (χ0) is 14.3. The summed E-state index contributed by atoms with van der Waals surface area (Å²) in [5.41, 5.74) is 12.2. The Bertz CT molecular complexity index is 713. The Morgan fingerprint density at radius 2 is 1.80 bits per heavy atom. The highest BCUT2D eigenvalue weighted by Crippen LogP contribution is 2.23. The van der Waals surface area contributed by atoms with E-state index in [1.807, 2.05) is 29.8 Å². The van der Waals surface area contributed by atoms with Gasteiger partial charge in [-0.15, -0.1) is 0 Å². The van der Waals surface area contributed by atoms with E-state index in [4.69, 9.17) is 5.73 Å². The van der Waals surface area contributed by atoms with Gasteiger partial charge in [-0.3, -0.25) is 0 Å². The number of nitrogen functional groups attached to an aromatic ring is 1. The number of nitrogens with zero attached hydrogens (tertiary/aromatic N) is 2. The first-order valence-electron chi connectivity index (χ1n) is 6.90. The molecule has 0 fully saturated rings. The van der Waals surface area contributed by atoms with Gasteiger partial charge in [0.2, 0.25) is 0 Å². The number of hydrogen-bond donors (Lipinski definition) is 1. The highest BCUT2D eigenvalue weighted by molar-refractivity contribution is 5.65. The first kappa shape index (κ1) is 12.7. The molecule has 3 nitrogen and oxygen atoms in total. The first-order chi connectivity index (χ1) is 9.54. The standard InChI is InChI=1S/C17H19N3/c1-11(2)13-4-6-14(7-5-13)16-10-20-9-15(18)12(3)8-17(20)19-16/h4-11H,18H2,1-3H3. The molecule has 102 valence electrons. The van der Waals surface area contributed by atoms with Gasteiger partial charge in [-0.25, -0.2) is 4.98 Å². The predicted molar refractivity (Wildman–Crippen MR) is 83.9 cm³/mol. The van der Waals surface area contributed by atoms with Crippen molar-refractivity contribution >= 4 is 11.3 Å². The third-order valence-electron chi connectivity index (χ3n) is 3.71. The zero-order valence-electron chi connectivity index (χ0n) is 12.1. The van der Waals surface area contributed by atoms with E-state index in [-0.39, 0.29) is 0 Å². The normalized spacial score (nSPS) is 11.4. The lowest BCUT2D eigenvalue weighted by Gasteiger charge is -2.05. The number of aromatic nitrogens is 2. The molecule has 3 heteroatoms. The van der Waals surface area contributed by atoms with E-state index in [1.165, 1.54) is 5.56 Å². The van der Waals surface area contributed by atoms with Gasteiger partial charge < -0.3 is 10.1 Å². The predicted octanol–water partition coefficient (Wildman–Crippen LogP) is 4.02. The molecule has 0 atom stereocenters. The molecule has 2 N–H and O–H groups in total. The summed E-state index contributed by atoms with van der Waals surface area (Å²) in [4.78, 5) is 4.67. The zero-order valence-corrected chi connectivity index (χ0v) is 12.1. The SMILES string of the molecule is Cc1cc2nc(-c3ccc(C(C)C)cc3)cn2cc1N. The number of nitrogens with two attached hydrogens (primary N) is 1. The maximum atomic E-state index is 5.94. The number of pyridine rings is 1. The Kier molecular flexibility index (Phi) is 2.97. The first-order valence-corrected chi connectivity index (χ1v) is 6.90. The van der Waals surface area contributed by atoms with E-state index in [2.05, 4.69) is 43.1 Å². The van der Waals surface area contributed by atoms with Crippen molar-refractivity contribution in [2.24, 2.45) is 0 Å². The van der Waals surface area contributed by atoms with Gasteiger partial charge in [0.05, 0.1) is 11.4 Å². The van der Waals surface area contributed by atoms with Crippen molar-refractivity contribution in [3.05, 3.63) is 53.9 Å². The van der Waals surface area contributed by atoms with E-state index < -0.39 is 0 Å². The lowest BCUT2D eigenvalue weighted by molar-refractivity contribution is 0.867. The molecule has 20 heavy (non-hydrogen) atoms. The van der Waals surface area contributed by atoms with Gasteiger partial charge in [0.25, 0.3) is 0 Å². The number of hydrogen-bond acceptors (Lipinski definition) is 2. The maximum absolute atomic E-state index is 5.94. The average Bonchev–Trinajstić information content (AvgIpc) is 2.82. The lowest BCUT2D eigenvalue weighted by Crippen LogP contribution is -1.93. The summed E-state index contributed by atoms with van der Waals surface area (Å²) in [6.45, 7) is 6.40. The van der Waals surface area contributed by atoms with Crippen LogP contribution in [0.1, 0.15) is 30.9 Å². The highest BCUT2D eigenvalue weighted by Gasteiger charge is 2.07. The minimum absolute atomic E-state index is 0.549. The van der Waals surface area contributed by atoms with Crippen molar-refractivity contribution in [3.63, 3.8) is 0 Å². The minimum atomic E-state index is 0.549. The summed E-state index contributed by atoms with van der Waals surface area (Å²) in [5.74, 6) is 0.549. The molecule has 0 aliphatic rings. The third-order valence-corrected chi connectivity index (χ3v) is 3.71. The van der Waals surface area contributed by atoms with Crippen LogP contribution in [0.5, 0.6) is 0 Å². The summed E-state index contributed by atoms with van der Waals surface area (Å²) < 4.78 is 1.98. The van der Waals surface area contributed by atoms with Crippen molar-refractivity contribution in [1.29, 1.82) is 0 Å². The number of anilines is 1. The number of benzene rings is 1. The Morgan fingerprint density at radius 3 is 2.45 bits per heavy atom. The van der Waals surface area contributed by atoms with E-state index in [0.29, 0.717) is 5.92 Å². The van der Waals surface area contributed by atoms with Crippen LogP contribution in [-0.4, -0.2) is 9.38 Å². The summed E-state index contributed by atoms with van der Waals surface area (Å²) in [5, 5.41) is 0. The highest BCUT2D eigenvalue weighted by atomic mass is 15.0. The molecule has 0 saturated carbocycles. The van der Waals surface area contributed by atoms with Crippen LogP contribution in [0.15, 0.2) is 42.7 Å². The Morgan fingerprint density at radius 1 is 1.10 bits per heavy atom. The van der Waals surface area contributed by atoms with Crippen LogP contribution in [-0.2, 0) is 0 Å². The van der Waals surface area contributed by atoms with Gasteiger partial charge in [0.1, 0.15) is 5.65 Å². The molecule has 2 aromatic heterocycles. The van der Waals surface area contributed by atoms with Crippen LogP contribution in [0.3, 0.4) is 0 Å². The molecule has 0 radical (unpaired) electrons. The Labute approximate surface area is 119 Å². The van der Waals surface area contributed by atoms with Crippen LogP contribution in [0.4, 0.5) is 5.69 Å². The minimum Gasteiger partial charge on any atom is -0.397 e. The molecule has 0 spiro atoms. The van der Waals surface area contributed by atoms with Gasteiger partial charge in [-0.1, -0.05) is 38.1 Å². The largest absolute Gasteiger partial charge is 0.397 e. The Hall–Kier alpha value is -2.29. The van der Waals surface area contributed by atoms with Crippen LogP contribution < -0.4 is 5.73 Å². The number of rotatable bonds is 2. The Balaban J connectivity index is 2.05. The van der Waals surface area contributed by atoms with E-state index in [0.717, 1.165) is 28.2 Å². The third kappa shape index (κ3) is 2.16. The van der Waals surface area contributed by atoms with Gasteiger partial charge in [0, 0.05) is 18.0 Å². The molecule has 2 heterocycles. The fourth-order valence-corrected chi connectivity index (χ4v) is 2.32. The molecule has 0 aliphatic heterocycles. The number of aryl methyl sites for hydroxylation is 1. The summed E-state index contributed by atoms with van der Waals surface area (Å²) >= 11 is 0. The topological polar surface area (TPSA) is 43.3 Å².